The Kier molecular flexibility index (Phi) is 8.33. The highest BCUT2D eigenvalue weighted by molar-refractivity contribution is 6.71. The van der Waals surface area contributed by atoms with Crippen molar-refractivity contribution in [2.75, 3.05) is 0 Å². The smallest absolute Gasteiger partial charge is 0.236 e. The molecule has 0 aromatic rings. The Morgan fingerprint density at radius 3 is 2.07 bits per heavy atom. The average molecular weight is 230 g/mol. The van der Waals surface area contributed by atoms with Gasteiger partial charge in [0.25, 0.3) is 0 Å². The van der Waals surface area contributed by atoms with E-state index in [4.69, 9.17) is 4.43 Å². The van der Waals surface area contributed by atoms with Gasteiger partial charge in [-0.3, -0.25) is 0 Å². The Hall–Kier alpha value is 0.709. The highest BCUT2D eigenvalue weighted by atomic mass is 28.4. The molecule has 0 saturated carbocycles. The van der Waals surface area contributed by atoms with Gasteiger partial charge in [-0.15, -0.1) is 10.6 Å². The molecule has 0 aromatic heterocycles. The third-order valence-electron chi connectivity index (χ3n) is 2.62. The summed E-state index contributed by atoms with van der Waals surface area (Å²) >= 11 is 0.432. The molecular formula is C11H27AlOSi. The molecule has 0 amide bonds. The van der Waals surface area contributed by atoms with Crippen LogP contribution in [0.3, 0.4) is 0 Å². The Morgan fingerprint density at radius 2 is 1.86 bits per heavy atom. The van der Waals surface area contributed by atoms with Crippen LogP contribution in [0.4, 0.5) is 0 Å². The molecule has 1 saturated heterocycles. The summed E-state index contributed by atoms with van der Waals surface area (Å²) in [5.41, 5.74) is 0. The van der Waals surface area contributed by atoms with Crippen LogP contribution in [0.15, 0.2) is 0 Å². The van der Waals surface area contributed by atoms with Gasteiger partial charge in [-0.05, 0) is 32.5 Å². The van der Waals surface area contributed by atoms with Crippen molar-refractivity contribution >= 4 is 23.5 Å². The Morgan fingerprint density at radius 1 is 1.29 bits per heavy atom. The lowest BCUT2D eigenvalue weighted by Crippen LogP contribution is -2.37. The molecule has 1 rings (SSSR count). The summed E-state index contributed by atoms with van der Waals surface area (Å²) in [5, 5.41) is 2.97. The van der Waals surface area contributed by atoms with E-state index in [1.807, 2.05) is 0 Å². The topological polar surface area (TPSA) is 9.23 Å². The maximum absolute atomic E-state index is 5.81. The van der Waals surface area contributed by atoms with Gasteiger partial charge in [0, 0.05) is 6.10 Å². The van der Waals surface area contributed by atoms with Gasteiger partial charge in [-0.2, -0.15) is 0 Å². The second-order valence-electron chi connectivity index (χ2n) is 4.93. The standard InChI is InChI=1S/C7H16OSi.2C2H5.Al.H/c1-7-5-4-6-9(2,3)8-7;2*1-2;;/h7H,4-6H2,1-3H3;2*1H2,2H3;;. The fraction of sp³-hybridized carbons (Fsp3) is 1.00. The first-order valence-corrected chi connectivity index (χ1v) is 11.3. The summed E-state index contributed by atoms with van der Waals surface area (Å²) in [5.74, 6) is 0. The molecule has 0 aromatic carbocycles. The van der Waals surface area contributed by atoms with E-state index in [2.05, 4.69) is 33.9 Å². The van der Waals surface area contributed by atoms with Gasteiger partial charge >= 0.3 is 0 Å². The third kappa shape index (κ3) is 8.05. The molecule has 1 aliphatic heterocycles. The molecule has 1 atom stereocenters. The minimum atomic E-state index is -1.15. The molecule has 14 heavy (non-hydrogen) atoms. The van der Waals surface area contributed by atoms with Crippen LogP contribution >= 0.6 is 0 Å². The Balaban J connectivity index is 0.000000292. The van der Waals surface area contributed by atoms with Crippen molar-refractivity contribution in [2.24, 2.45) is 0 Å². The zero-order valence-electron chi connectivity index (χ0n) is 10.7. The summed E-state index contributed by atoms with van der Waals surface area (Å²) in [6.45, 7) is 11.4. The maximum atomic E-state index is 5.81. The molecule has 1 heterocycles. The molecule has 1 unspecified atom stereocenters. The highest BCUT2D eigenvalue weighted by Gasteiger charge is 2.28. The van der Waals surface area contributed by atoms with Gasteiger partial charge in [0.15, 0.2) is 8.32 Å². The van der Waals surface area contributed by atoms with E-state index < -0.39 is 8.32 Å². The van der Waals surface area contributed by atoms with Crippen molar-refractivity contribution in [3.8, 4) is 0 Å². The average Bonchev–Trinajstić information content (AvgIpc) is 2.04. The second-order valence-corrected chi connectivity index (χ2v) is 11.9. The van der Waals surface area contributed by atoms with Crippen LogP contribution in [0.2, 0.25) is 29.7 Å². The van der Waals surface area contributed by atoms with E-state index in [-0.39, 0.29) is 0 Å². The summed E-state index contributed by atoms with van der Waals surface area (Å²) < 4.78 is 5.81. The van der Waals surface area contributed by atoms with Crippen LogP contribution < -0.4 is 0 Å². The van der Waals surface area contributed by atoms with Gasteiger partial charge in [-0.1, -0.05) is 20.3 Å². The van der Waals surface area contributed by atoms with E-state index in [1.54, 1.807) is 0 Å². The predicted octanol–water partition coefficient (Wildman–Crippen LogP) is 3.69. The summed E-state index contributed by atoms with van der Waals surface area (Å²) in [7, 11) is -1.15. The molecule has 0 N–H and O–H groups in total. The summed E-state index contributed by atoms with van der Waals surface area (Å²) in [6, 6.07) is 1.36. The Labute approximate surface area is 97.5 Å². The molecule has 84 valence electrons. The van der Waals surface area contributed by atoms with E-state index in [9.17, 15) is 0 Å². The predicted molar refractivity (Wildman–Crippen MR) is 70.2 cm³/mol. The minimum Gasteiger partial charge on any atom is -0.415 e. The first kappa shape index (κ1) is 14.7. The molecular weight excluding hydrogens is 203 g/mol. The summed E-state index contributed by atoms with van der Waals surface area (Å²) in [6.07, 6.45) is 3.21. The zero-order valence-corrected chi connectivity index (χ0v) is 13.1. The molecule has 0 radical (unpaired) electrons. The maximum Gasteiger partial charge on any atom is 0.236 e. The Bertz CT molecular complexity index is 137. The van der Waals surface area contributed by atoms with Crippen molar-refractivity contribution in [1.29, 1.82) is 0 Å². The lowest BCUT2D eigenvalue weighted by molar-refractivity contribution is 0.179. The van der Waals surface area contributed by atoms with Gasteiger partial charge < -0.3 is 4.43 Å². The van der Waals surface area contributed by atoms with Crippen molar-refractivity contribution < 1.29 is 4.43 Å². The van der Waals surface area contributed by atoms with Crippen LogP contribution in [0.25, 0.3) is 0 Å². The quantitative estimate of drug-likeness (QED) is 0.657. The number of hydrogen-bond acceptors (Lipinski definition) is 1. The zero-order chi connectivity index (χ0) is 11.0. The van der Waals surface area contributed by atoms with Crippen molar-refractivity contribution in [1.82, 2.24) is 0 Å². The minimum absolute atomic E-state index is 0.432. The lowest BCUT2D eigenvalue weighted by Gasteiger charge is -2.32. The van der Waals surface area contributed by atoms with Gasteiger partial charge in [0.05, 0.1) is 0 Å². The molecule has 1 fully saturated rings. The molecule has 3 heteroatoms. The molecule has 0 aliphatic carbocycles. The SMILES string of the molecule is CC1CCC[Si](C)(C)O1.C[CH2][AlH][CH2]C. The molecule has 1 nitrogen and oxygen atoms in total. The first-order chi connectivity index (χ1) is 6.52. The van der Waals surface area contributed by atoms with Crippen molar-refractivity contribution in [3.63, 3.8) is 0 Å². The van der Waals surface area contributed by atoms with Crippen LogP contribution in [0.5, 0.6) is 0 Å². The fourth-order valence-electron chi connectivity index (χ4n) is 1.83. The van der Waals surface area contributed by atoms with Crippen molar-refractivity contribution in [2.45, 2.75) is 69.4 Å². The van der Waals surface area contributed by atoms with Gasteiger partial charge in [0.2, 0.25) is 15.2 Å². The monoisotopic (exact) mass is 230 g/mol. The summed E-state index contributed by atoms with van der Waals surface area (Å²) in [4.78, 5) is 0. The van der Waals surface area contributed by atoms with Crippen LogP contribution in [-0.2, 0) is 4.43 Å². The van der Waals surface area contributed by atoms with Gasteiger partial charge in [0.1, 0.15) is 0 Å². The molecule has 0 bridgehead atoms. The normalized spacial score (nSPS) is 24.8. The first-order valence-electron chi connectivity index (χ1n) is 6.19. The van der Waals surface area contributed by atoms with E-state index >= 15 is 0 Å². The fourth-order valence-corrected chi connectivity index (χ4v) is 4.92. The van der Waals surface area contributed by atoms with Crippen molar-refractivity contribution in [3.05, 3.63) is 0 Å². The van der Waals surface area contributed by atoms with E-state index in [1.165, 1.54) is 29.5 Å². The second kappa shape index (κ2) is 7.93. The van der Waals surface area contributed by atoms with Crippen LogP contribution in [0, 0.1) is 0 Å². The van der Waals surface area contributed by atoms with E-state index in [0.717, 1.165) is 0 Å². The van der Waals surface area contributed by atoms with Crippen LogP contribution in [-0.4, -0.2) is 29.6 Å². The number of hydrogen-bond donors (Lipinski definition) is 0. The van der Waals surface area contributed by atoms with Gasteiger partial charge in [-0.25, -0.2) is 0 Å². The third-order valence-corrected chi connectivity index (χ3v) is 6.63. The highest BCUT2D eigenvalue weighted by Crippen LogP contribution is 2.24. The molecule has 1 aliphatic rings. The van der Waals surface area contributed by atoms with Crippen LogP contribution in [0.1, 0.15) is 33.6 Å². The largest absolute Gasteiger partial charge is 0.415 e. The lowest BCUT2D eigenvalue weighted by atomic mass is 10.2. The molecule has 0 spiro atoms. The number of rotatable bonds is 2. The van der Waals surface area contributed by atoms with E-state index in [0.29, 0.717) is 21.3 Å².